The highest BCUT2D eigenvalue weighted by molar-refractivity contribution is 5.86. The first-order valence-electron chi connectivity index (χ1n) is 5.53. The molecule has 0 radical (unpaired) electrons. The van der Waals surface area contributed by atoms with Crippen molar-refractivity contribution in [2.75, 3.05) is 0 Å². The van der Waals surface area contributed by atoms with Crippen LogP contribution >= 0.6 is 0 Å². The summed E-state index contributed by atoms with van der Waals surface area (Å²) in [5, 5.41) is 0. The molecule has 1 nitrogen and oxygen atoms in total. The zero-order valence-electron chi connectivity index (χ0n) is 7.96. The Labute approximate surface area is 79.2 Å². The van der Waals surface area contributed by atoms with Crippen molar-refractivity contribution >= 4 is 5.78 Å². The maximum Gasteiger partial charge on any atom is 0.139 e. The van der Waals surface area contributed by atoms with E-state index in [1.54, 1.807) is 0 Å². The lowest BCUT2D eigenvalue weighted by molar-refractivity contribution is -0.132. The van der Waals surface area contributed by atoms with Crippen LogP contribution in [0.5, 0.6) is 0 Å². The van der Waals surface area contributed by atoms with Crippen molar-refractivity contribution in [3.05, 3.63) is 12.2 Å². The van der Waals surface area contributed by atoms with Crippen molar-refractivity contribution in [3.63, 3.8) is 0 Å². The fourth-order valence-electron chi connectivity index (χ4n) is 3.68. The number of fused-ring (bicyclic) bond motifs is 3. The monoisotopic (exact) mass is 176 g/mol. The summed E-state index contributed by atoms with van der Waals surface area (Å²) in [7, 11) is 0. The molecule has 0 N–H and O–H groups in total. The van der Waals surface area contributed by atoms with Crippen molar-refractivity contribution in [1.29, 1.82) is 0 Å². The second-order valence-corrected chi connectivity index (χ2v) is 4.98. The van der Waals surface area contributed by atoms with Gasteiger partial charge in [0.1, 0.15) is 5.78 Å². The zero-order valence-corrected chi connectivity index (χ0v) is 7.96. The van der Waals surface area contributed by atoms with Gasteiger partial charge in [-0.2, -0.15) is 0 Å². The third kappa shape index (κ3) is 0.905. The molecule has 3 rings (SSSR count). The lowest BCUT2D eigenvalue weighted by Crippen LogP contribution is -2.37. The van der Waals surface area contributed by atoms with Crippen LogP contribution in [0.25, 0.3) is 0 Å². The minimum Gasteiger partial charge on any atom is -0.299 e. The van der Waals surface area contributed by atoms with Gasteiger partial charge in [-0.3, -0.25) is 4.79 Å². The molecule has 0 aromatic heterocycles. The lowest BCUT2D eigenvalue weighted by atomic mass is 9.65. The van der Waals surface area contributed by atoms with Crippen LogP contribution in [0.3, 0.4) is 0 Å². The maximum atomic E-state index is 12.0. The minimum absolute atomic E-state index is 0.123. The molecule has 0 heterocycles. The van der Waals surface area contributed by atoms with Crippen LogP contribution in [0.15, 0.2) is 12.2 Å². The van der Waals surface area contributed by atoms with E-state index in [0.29, 0.717) is 11.7 Å². The molecular weight excluding hydrogens is 160 g/mol. The molecule has 1 heteroatoms. The summed E-state index contributed by atoms with van der Waals surface area (Å²) in [5.41, 5.74) is 0.123. The van der Waals surface area contributed by atoms with Gasteiger partial charge in [-0.05, 0) is 37.5 Å². The minimum atomic E-state index is 0.123. The van der Waals surface area contributed by atoms with Gasteiger partial charge in [-0.25, -0.2) is 0 Å². The van der Waals surface area contributed by atoms with E-state index in [2.05, 4.69) is 12.2 Å². The van der Waals surface area contributed by atoms with E-state index >= 15 is 0 Å². The van der Waals surface area contributed by atoms with Gasteiger partial charge in [0, 0.05) is 11.8 Å². The Kier molecular flexibility index (Phi) is 1.47. The van der Waals surface area contributed by atoms with E-state index in [4.69, 9.17) is 0 Å². The third-order valence-electron chi connectivity index (χ3n) is 4.34. The van der Waals surface area contributed by atoms with E-state index in [-0.39, 0.29) is 5.41 Å². The molecule has 2 saturated carbocycles. The van der Waals surface area contributed by atoms with Crippen LogP contribution in [-0.2, 0) is 4.79 Å². The molecule has 0 aromatic rings. The number of rotatable bonds is 0. The molecule has 3 aliphatic carbocycles. The fraction of sp³-hybridized carbons (Fsp3) is 0.750. The predicted octanol–water partition coefficient (Wildman–Crippen LogP) is 2.71. The molecule has 0 aromatic carbocycles. The van der Waals surface area contributed by atoms with Crippen LogP contribution in [0, 0.1) is 17.3 Å². The number of allylic oxidation sites excluding steroid dienone is 2. The summed E-state index contributed by atoms with van der Waals surface area (Å²) in [4.78, 5) is 12.0. The Balaban J connectivity index is 1.96. The molecule has 2 bridgehead atoms. The van der Waals surface area contributed by atoms with E-state index in [1.165, 1.54) is 25.7 Å². The second kappa shape index (κ2) is 2.46. The van der Waals surface area contributed by atoms with Crippen LogP contribution in [0.1, 0.15) is 38.5 Å². The lowest BCUT2D eigenvalue weighted by Gasteiger charge is -2.37. The van der Waals surface area contributed by atoms with Crippen molar-refractivity contribution in [3.8, 4) is 0 Å². The van der Waals surface area contributed by atoms with E-state index < -0.39 is 0 Å². The van der Waals surface area contributed by atoms with Crippen LogP contribution < -0.4 is 0 Å². The van der Waals surface area contributed by atoms with E-state index in [0.717, 1.165) is 18.8 Å². The van der Waals surface area contributed by atoms with Crippen molar-refractivity contribution in [2.45, 2.75) is 38.5 Å². The highest BCUT2D eigenvalue weighted by Crippen LogP contribution is 2.57. The molecule has 0 amide bonds. The van der Waals surface area contributed by atoms with Gasteiger partial charge >= 0.3 is 0 Å². The van der Waals surface area contributed by atoms with E-state index in [1.807, 2.05) is 0 Å². The van der Waals surface area contributed by atoms with Gasteiger partial charge in [0.25, 0.3) is 0 Å². The van der Waals surface area contributed by atoms with Gasteiger partial charge in [-0.1, -0.05) is 18.6 Å². The van der Waals surface area contributed by atoms with Gasteiger partial charge in [0.15, 0.2) is 0 Å². The number of Topliss-reactive ketones (excluding diaryl/α,β-unsaturated/α-hetero) is 1. The van der Waals surface area contributed by atoms with Crippen LogP contribution in [-0.4, -0.2) is 5.78 Å². The summed E-state index contributed by atoms with van der Waals surface area (Å²) >= 11 is 0. The van der Waals surface area contributed by atoms with E-state index in [9.17, 15) is 4.79 Å². The molecule has 13 heavy (non-hydrogen) atoms. The molecule has 3 atom stereocenters. The van der Waals surface area contributed by atoms with Crippen LogP contribution in [0.4, 0.5) is 0 Å². The molecule has 2 fully saturated rings. The average Bonchev–Trinajstić information content (AvgIpc) is 2.70. The van der Waals surface area contributed by atoms with Gasteiger partial charge < -0.3 is 0 Å². The number of carbonyl (C=O) groups is 1. The second-order valence-electron chi connectivity index (χ2n) is 4.98. The molecule has 70 valence electrons. The standard InChI is InChI=1S/C12H16O/c13-11-3-1-2-6-12(11)8-9-4-5-10(12)7-9/h4-5,9-10H,1-3,6-8H2. The highest BCUT2D eigenvalue weighted by atomic mass is 16.1. The molecule has 3 unspecified atom stereocenters. The zero-order chi connectivity index (χ0) is 8.89. The Morgan fingerprint density at radius 2 is 2.23 bits per heavy atom. The quantitative estimate of drug-likeness (QED) is 0.519. The Bertz CT molecular complexity index is 279. The Hall–Kier alpha value is -0.590. The van der Waals surface area contributed by atoms with Gasteiger partial charge in [0.2, 0.25) is 0 Å². The predicted molar refractivity (Wildman–Crippen MR) is 51.3 cm³/mol. The first-order valence-corrected chi connectivity index (χ1v) is 5.53. The van der Waals surface area contributed by atoms with Gasteiger partial charge in [0.05, 0.1) is 0 Å². The first-order chi connectivity index (χ1) is 6.31. The fourth-order valence-corrected chi connectivity index (χ4v) is 3.68. The number of carbonyl (C=O) groups excluding carboxylic acids is 1. The number of hydrogen-bond donors (Lipinski definition) is 0. The highest BCUT2D eigenvalue weighted by Gasteiger charge is 2.52. The normalized spacial score (nSPS) is 47.8. The summed E-state index contributed by atoms with van der Waals surface area (Å²) in [6.07, 6.45) is 11.5. The summed E-state index contributed by atoms with van der Waals surface area (Å²) in [6.45, 7) is 0. The smallest absolute Gasteiger partial charge is 0.139 e. The maximum absolute atomic E-state index is 12.0. The van der Waals surface area contributed by atoms with Gasteiger partial charge in [-0.15, -0.1) is 0 Å². The molecule has 0 saturated heterocycles. The molecule has 3 aliphatic rings. The first kappa shape index (κ1) is 7.78. The third-order valence-corrected chi connectivity index (χ3v) is 4.34. The molecular formula is C12H16O. The summed E-state index contributed by atoms with van der Waals surface area (Å²) in [5.74, 6) is 1.94. The molecule has 0 aliphatic heterocycles. The van der Waals surface area contributed by atoms with Crippen molar-refractivity contribution in [2.24, 2.45) is 17.3 Å². The topological polar surface area (TPSA) is 17.1 Å². The SMILES string of the molecule is O=C1CCCCC12CC1C=CC2C1. The molecule has 1 spiro atoms. The van der Waals surface area contributed by atoms with Crippen LogP contribution in [0.2, 0.25) is 0 Å². The van der Waals surface area contributed by atoms with Crippen molar-refractivity contribution in [1.82, 2.24) is 0 Å². The average molecular weight is 176 g/mol. The number of hydrogen-bond acceptors (Lipinski definition) is 1. The Morgan fingerprint density at radius 3 is 2.85 bits per heavy atom. The summed E-state index contributed by atoms with van der Waals surface area (Å²) in [6, 6.07) is 0. The largest absolute Gasteiger partial charge is 0.299 e. The summed E-state index contributed by atoms with van der Waals surface area (Å²) < 4.78 is 0. The number of ketones is 1. The van der Waals surface area contributed by atoms with Crippen molar-refractivity contribution < 1.29 is 4.79 Å². The Morgan fingerprint density at radius 1 is 1.31 bits per heavy atom.